The number of halogens is 1. The van der Waals surface area contributed by atoms with Gasteiger partial charge >= 0.3 is 0 Å². The Hall–Kier alpha value is -2.35. The van der Waals surface area contributed by atoms with E-state index in [2.05, 4.69) is 15.3 Å². The van der Waals surface area contributed by atoms with Crippen molar-refractivity contribution < 1.29 is 4.42 Å². The number of guanidine groups is 1. The molecule has 0 aliphatic rings. The number of nitrogens with two attached hydrogens (primary N) is 1. The molecule has 5 nitrogen and oxygen atoms in total. The third-order valence-electron chi connectivity index (χ3n) is 3.03. The van der Waals surface area contributed by atoms with Crippen molar-refractivity contribution in [2.75, 3.05) is 5.32 Å². The van der Waals surface area contributed by atoms with E-state index in [1.54, 1.807) is 6.26 Å². The van der Waals surface area contributed by atoms with Gasteiger partial charge in [0.25, 0.3) is 0 Å². The van der Waals surface area contributed by atoms with Gasteiger partial charge in [0, 0.05) is 11.3 Å². The monoisotopic (exact) mass is 420 g/mol. The molecule has 0 radical (unpaired) electrons. The summed E-state index contributed by atoms with van der Waals surface area (Å²) in [5.41, 5.74) is 8.42. The molecule has 0 unspecified atom stereocenters. The first-order valence-corrected chi connectivity index (χ1v) is 6.93. The van der Waals surface area contributed by atoms with Gasteiger partial charge in [0.15, 0.2) is 5.96 Å². The van der Waals surface area contributed by atoms with Crippen LogP contribution < -0.4 is 11.1 Å². The van der Waals surface area contributed by atoms with Crippen LogP contribution >= 0.6 is 24.0 Å². The minimum absolute atomic E-state index is 0. The third-order valence-corrected chi connectivity index (χ3v) is 3.03. The summed E-state index contributed by atoms with van der Waals surface area (Å²) in [5, 5.41) is 3.02. The molecule has 1 heterocycles. The van der Waals surface area contributed by atoms with E-state index in [1.165, 1.54) is 0 Å². The number of oxazole rings is 1. The standard InChI is InChI=1S/C17H16N4O.HI/c18-17(21-14-9-5-2-6-10-14)19-11-15-12-22-16(20-15)13-7-3-1-4-8-13;/h1-10,12H,11H2,(H3,18,19,21);1H. The Morgan fingerprint density at radius 1 is 1.04 bits per heavy atom. The maximum atomic E-state index is 5.85. The predicted octanol–water partition coefficient (Wildman–Crippen LogP) is 3.89. The van der Waals surface area contributed by atoms with Gasteiger partial charge < -0.3 is 15.5 Å². The molecule has 1 aromatic heterocycles. The van der Waals surface area contributed by atoms with E-state index in [9.17, 15) is 0 Å². The fourth-order valence-corrected chi connectivity index (χ4v) is 1.97. The Bertz CT molecular complexity index is 757. The Kier molecular flexibility index (Phi) is 6.16. The molecule has 0 saturated heterocycles. The van der Waals surface area contributed by atoms with Gasteiger partial charge in [-0.05, 0) is 24.3 Å². The molecule has 118 valence electrons. The molecule has 23 heavy (non-hydrogen) atoms. The molecule has 6 heteroatoms. The average Bonchev–Trinajstić information content (AvgIpc) is 3.04. The number of rotatable bonds is 4. The van der Waals surface area contributed by atoms with Gasteiger partial charge in [0.1, 0.15) is 12.0 Å². The van der Waals surface area contributed by atoms with Crippen LogP contribution in [0, 0.1) is 0 Å². The van der Waals surface area contributed by atoms with E-state index in [0.717, 1.165) is 16.9 Å². The van der Waals surface area contributed by atoms with Crippen molar-refractivity contribution in [3.05, 3.63) is 72.6 Å². The Morgan fingerprint density at radius 2 is 1.70 bits per heavy atom. The van der Waals surface area contributed by atoms with E-state index in [4.69, 9.17) is 10.2 Å². The number of benzene rings is 2. The van der Waals surface area contributed by atoms with Crippen LogP contribution in [0.1, 0.15) is 5.69 Å². The molecule has 0 bridgehead atoms. The van der Waals surface area contributed by atoms with Crippen molar-refractivity contribution >= 4 is 35.6 Å². The van der Waals surface area contributed by atoms with Crippen molar-refractivity contribution in [1.82, 2.24) is 4.98 Å². The highest BCUT2D eigenvalue weighted by Crippen LogP contribution is 2.18. The first-order chi connectivity index (χ1) is 10.8. The molecule has 0 spiro atoms. The van der Waals surface area contributed by atoms with Gasteiger partial charge in [-0.25, -0.2) is 9.98 Å². The van der Waals surface area contributed by atoms with Crippen LogP contribution in [-0.2, 0) is 6.54 Å². The summed E-state index contributed by atoms with van der Waals surface area (Å²) < 4.78 is 5.46. The van der Waals surface area contributed by atoms with Crippen molar-refractivity contribution in [3.8, 4) is 11.5 Å². The van der Waals surface area contributed by atoms with Gasteiger partial charge in [-0.1, -0.05) is 36.4 Å². The summed E-state index contributed by atoms with van der Waals surface area (Å²) in [7, 11) is 0. The summed E-state index contributed by atoms with van der Waals surface area (Å²) in [4.78, 5) is 8.66. The van der Waals surface area contributed by atoms with Gasteiger partial charge in [-0.3, -0.25) is 0 Å². The minimum Gasteiger partial charge on any atom is -0.444 e. The molecule has 3 aromatic rings. The van der Waals surface area contributed by atoms with E-state index >= 15 is 0 Å². The average molecular weight is 420 g/mol. The maximum Gasteiger partial charge on any atom is 0.226 e. The Labute approximate surface area is 151 Å². The van der Waals surface area contributed by atoms with Crippen LogP contribution in [0.25, 0.3) is 11.5 Å². The number of hydrogen-bond donors (Lipinski definition) is 2. The Morgan fingerprint density at radius 3 is 2.39 bits per heavy atom. The summed E-state index contributed by atoms with van der Waals surface area (Å²) in [6.45, 7) is 0.363. The smallest absolute Gasteiger partial charge is 0.226 e. The van der Waals surface area contributed by atoms with Crippen molar-refractivity contribution in [2.24, 2.45) is 10.7 Å². The van der Waals surface area contributed by atoms with Crippen LogP contribution in [0.15, 0.2) is 76.3 Å². The van der Waals surface area contributed by atoms with Gasteiger partial charge in [-0.2, -0.15) is 0 Å². The molecule has 0 fully saturated rings. The van der Waals surface area contributed by atoms with Gasteiger partial charge in [0.2, 0.25) is 5.89 Å². The molecule has 0 aliphatic carbocycles. The minimum atomic E-state index is 0. The number of aromatic nitrogens is 1. The molecule has 3 N–H and O–H groups in total. The van der Waals surface area contributed by atoms with E-state index in [0.29, 0.717) is 18.4 Å². The number of nitrogens with one attached hydrogen (secondary N) is 1. The van der Waals surface area contributed by atoms with E-state index in [-0.39, 0.29) is 24.0 Å². The lowest BCUT2D eigenvalue weighted by molar-refractivity contribution is 0.572. The highest BCUT2D eigenvalue weighted by Gasteiger charge is 2.05. The normalized spacial score (nSPS) is 10.9. The largest absolute Gasteiger partial charge is 0.444 e. The second-order valence-electron chi connectivity index (χ2n) is 4.70. The van der Waals surface area contributed by atoms with Crippen molar-refractivity contribution in [3.63, 3.8) is 0 Å². The van der Waals surface area contributed by atoms with Crippen LogP contribution in [-0.4, -0.2) is 10.9 Å². The van der Waals surface area contributed by atoms with Gasteiger partial charge in [-0.15, -0.1) is 24.0 Å². The SMILES string of the molecule is I.NC(=NCc1coc(-c2ccccc2)n1)Nc1ccccc1. The van der Waals surface area contributed by atoms with Crippen LogP contribution in [0.4, 0.5) is 5.69 Å². The highest BCUT2D eigenvalue weighted by molar-refractivity contribution is 14.0. The molecule has 0 atom stereocenters. The molecule has 0 amide bonds. The summed E-state index contributed by atoms with van der Waals surface area (Å²) in [6.07, 6.45) is 1.60. The lowest BCUT2D eigenvalue weighted by Gasteiger charge is -2.04. The first kappa shape index (κ1) is 17.0. The summed E-state index contributed by atoms with van der Waals surface area (Å²) >= 11 is 0. The lowest BCUT2D eigenvalue weighted by Crippen LogP contribution is -2.22. The first-order valence-electron chi connectivity index (χ1n) is 6.93. The molecular weight excluding hydrogens is 403 g/mol. The number of aliphatic imine (C=N–C) groups is 1. The fourth-order valence-electron chi connectivity index (χ4n) is 1.97. The third kappa shape index (κ3) is 4.82. The number of nitrogens with zero attached hydrogens (tertiary/aromatic N) is 2. The summed E-state index contributed by atoms with van der Waals surface area (Å²) in [6, 6.07) is 19.4. The number of para-hydroxylation sites is 1. The van der Waals surface area contributed by atoms with Crippen molar-refractivity contribution in [2.45, 2.75) is 6.54 Å². The fraction of sp³-hybridized carbons (Fsp3) is 0.0588. The van der Waals surface area contributed by atoms with Crippen LogP contribution in [0.2, 0.25) is 0 Å². The Balaban J connectivity index is 0.00000192. The topological polar surface area (TPSA) is 76.4 Å². The van der Waals surface area contributed by atoms with Crippen LogP contribution in [0.3, 0.4) is 0 Å². The van der Waals surface area contributed by atoms with Crippen LogP contribution in [0.5, 0.6) is 0 Å². The zero-order chi connectivity index (χ0) is 15.2. The zero-order valence-corrected chi connectivity index (χ0v) is 14.7. The second kappa shape index (κ2) is 8.33. The number of anilines is 1. The second-order valence-corrected chi connectivity index (χ2v) is 4.70. The van der Waals surface area contributed by atoms with Gasteiger partial charge in [0.05, 0.1) is 6.54 Å². The maximum absolute atomic E-state index is 5.85. The highest BCUT2D eigenvalue weighted by atomic mass is 127. The molecule has 2 aromatic carbocycles. The predicted molar refractivity (Wildman–Crippen MR) is 103 cm³/mol. The molecule has 3 rings (SSSR count). The molecular formula is C17H17IN4O. The molecule has 0 aliphatic heterocycles. The van der Waals surface area contributed by atoms with E-state index < -0.39 is 0 Å². The zero-order valence-electron chi connectivity index (χ0n) is 12.3. The quantitative estimate of drug-likeness (QED) is 0.382. The summed E-state index contributed by atoms with van der Waals surface area (Å²) in [5.74, 6) is 0.927. The number of hydrogen-bond acceptors (Lipinski definition) is 3. The lowest BCUT2D eigenvalue weighted by atomic mass is 10.2. The van der Waals surface area contributed by atoms with Crippen molar-refractivity contribution in [1.29, 1.82) is 0 Å². The molecule has 0 saturated carbocycles. The van der Waals surface area contributed by atoms with E-state index in [1.807, 2.05) is 60.7 Å².